The van der Waals surface area contributed by atoms with E-state index in [0.29, 0.717) is 53.1 Å². The predicted octanol–water partition coefficient (Wildman–Crippen LogP) is 5.34. The van der Waals surface area contributed by atoms with Crippen LogP contribution in [0.4, 0.5) is 5.69 Å². The van der Waals surface area contributed by atoms with Crippen molar-refractivity contribution in [2.45, 2.75) is 32.4 Å². The Morgan fingerprint density at radius 2 is 1.93 bits per heavy atom. The summed E-state index contributed by atoms with van der Waals surface area (Å²) in [7, 11) is -3.27. The molecular formula is C21H22Cl3N3O2S. The quantitative estimate of drug-likeness (QED) is 0.530. The maximum atomic E-state index is 12.5. The van der Waals surface area contributed by atoms with E-state index in [1.807, 2.05) is 19.1 Å². The van der Waals surface area contributed by atoms with Crippen molar-refractivity contribution in [2.24, 2.45) is 0 Å². The zero-order chi connectivity index (χ0) is 21.9. The molecule has 9 heteroatoms. The van der Waals surface area contributed by atoms with E-state index in [2.05, 4.69) is 11.0 Å². The van der Waals surface area contributed by atoms with Crippen LogP contribution in [-0.4, -0.2) is 37.6 Å². The third-order valence-corrected chi connectivity index (χ3v) is 8.13. The minimum Gasteiger partial charge on any atom is -0.363 e. The van der Waals surface area contributed by atoms with Crippen LogP contribution in [0, 0.1) is 11.3 Å². The lowest BCUT2D eigenvalue weighted by Crippen LogP contribution is -2.39. The number of benzene rings is 2. The van der Waals surface area contributed by atoms with Crippen molar-refractivity contribution in [1.82, 2.24) is 4.31 Å². The normalized spacial score (nSPS) is 17.1. The van der Waals surface area contributed by atoms with Crippen molar-refractivity contribution in [2.75, 3.05) is 23.7 Å². The van der Waals surface area contributed by atoms with Crippen LogP contribution in [0.3, 0.4) is 0 Å². The van der Waals surface area contributed by atoms with Crippen LogP contribution in [0.25, 0.3) is 0 Å². The van der Waals surface area contributed by atoms with Gasteiger partial charge in [0.1, 0.15) is 6.07 Å². The van der Waals surface area contributed by atoms with Gasteiger partial charge in [0, 0.05) is 41.4 Å². The molecule has 0 saturated carbocycles. The minimum absolute atomic E-state index is 0.0596. The van der Waals surface area contributed by atoms with Gasteiger partial charge >= 0.3 is 0 Å². The fraction of sp³-hybridized carbons (Fsp3) is 0.381. The van der Waals surface area contributed by atoms with E-state index in [0.717, 1.165) is 11.3 Å². The van der Waals surface area contributed by atoms with E-state index in [-0.39, 0.29) is 11.8 Å². The van der Waals surface area contributed by atoms with E-state index in [1.165, 1.54) is 0 Å². The third kappa shape index (κ3) is 5.22. The molecule has 1 fully saturated rings. The summed E-state index contributed by atoms with van der Waals surface area (Å²) < 4.78 is 26.6. The van der Waals surface area contributed by atoms with Crippen molar-refractivity contribution in [3.8, 4) is 6.07 Å². The van der Waals surface area contributed by atoms with Gasteiger partial charge in [0.2, 0.25) is 10.0 Å². The number of hydrogen-bond donors (Lipinski definition) is 0. The topological polar surface area (TPSA) is 64.4 Å². The van der Waals surface area contributed by atoms with Gasteiger partial charge in [-0.15, -0.1) is 0 Å². The minimum atomic E-state index is -3.27. The molecule has 3 rings (SSSR count). The summed E-state index contributed by atoms with van der Waals surface area (Å²) in [6, 6.07) is 12.5. The first kappa shape index (κ1) is 23.2. The number of rotatable bonds is 7. The molecule has 0 radical (unpaired) electrons. The Bertz CT molecular complexity index is 1070. The van der Waals surface area contributed by atoms with E-state index in [1.54, 1.807) is 28.6 Å². The first-order chi connectivity index (χ1) is 14.2. The molecule has 160 valence electrons. The molecule has 0 spiro atoms. The number of nitriles is 1. The summed E-state index contributed by atoms with van der Waals surface area (Å²) in [5.41, 5.74) is 2.02. The highest BCUT2D eigenvalue weighted by Gasteiger charge is 2.34. The van der Waals surface area contributed by atoms with Gasteiger partial charge in [-0.3, -0.25) is 0 Å². The molecule has 1 aliphatic rings. The van der Waals surface area contributed by atoms with E-state index < -0.39 is 10.0 Å². The largest absolute Gasteiger partial charge is 0.363 e. The SMILES string of the molecule is CCCS(=O)(=O)N1CC[C@H](N(Cc2cc(Cl)ccc2Cl)c2ccc(C#N)c(Cl)c2)C1. The fourth-order valence-electron chi connectivity index (χ4n) is 3.66. The average molecular weight is 487 g/mol. The first-order valence-electron chi connectivity index (χ1n) is 9.63. The van der Waals surface area contributed by atoms with Crippen molar-refractivity contribution in [3.05, 3.63) is 62.6 Å². The number of anilines is 1. The van der Waals surface area contributed by atoms with E-state index in [9.17, 15) is 13.7 Å². The maximum absolute atomic E-state index is 12.5. The van der Waals surface area contributed by atoms with Gasteiger partial charge < -0.3 is 4.90 Å². The number of hydrogen-bond acceptors (Lipinski definition) is 4. The summed E-state index contributed by atoms with van der Waals surface area (Å²) in [6.07, 6.45) is 1.26. The summed E-state index contributed by atoms with van der Waals surface area (Å²) in [5, 5.41) is 10.7. The summed E-state index contributed by atoms with van der Waals surface area (Å²) in [4.78, 5) is 2.09. The van der Waals surface area contributed by atoms with Gasteiger partial charge in [-0.05, 0) is 54.8 Å². The smallest absolute Gasteiger partial charge is 0.214 e. The van der Waals surface area contributed by atoms with Gasteiger partial charge in [-0.2, -0.15) is 9.57 Å². The van der Waals surface area contributed by atoms with Crippen molar-refractivity contribution in [3.63, 3.8) is 0 Å². The number of nitrogens with zero attached hydrogens (tertiary/aromatic N) is 3. The number of sulfonamides is 1. The molecule has 0 N–H and O–H groups in total. The van der Waals surface area contributed by atoms with Crippen LogP contribution in [0.2, 0.25) is 15.1 Å². The zero-order valence-corrected chi connectivity index (χ0v) is 19.6. The van der Waals surface area contributed by atoms with Crippen LogP contribution in [0.5, 0.6) is 0 Å². The molecule has 0 amide bonds. The van der Waals surface area contributed by atoms with E-state index >= 15 is 0 Å². The van der Waals surface area contributed by atoms with Crippen molar-refractivity contribution >= 4 is 50.5 Å². The maximum Gasteiger partial charge on any atom is 0.214 e. The lowest BCUT2D eigenvalue weighted by molar-refractivity contribution is 0.467. The Hall–Kier alpha value is -1.49. The van der Waals surface area contributed by atoms with Crippen LogP contribution in [0.15, 0.2) is 36.4 Å². The highest BCUT2D eigenvalue weighted by Crippen LogP contribution is 2.32. The molecule has 0 aromatic heterocycles. The highest BCUT2D eigenvalue weighted by atomic mass is 35.5. The third-order valence-electron chi connectivity index (χ3n) is 5.18. The van der Waals surface area contributed by atoms with Crippen LogP contribution in [0.1, 0.15) is 30.9 Å². The van der Waals surface area contributed by atoms with Crippen molar-refractivity contribution < 1.29 is 8.42 Å². The molecule has 0 aliphatic carbocycles. The Labute approximate surface area is 192 Å². The van der Waals surface area contributed by atoms with Gasteiger partial charge in [0.05, 0.1) is 16.3 Å². The molecule has 2 aromatic rings. The Morgan fingerprint density at radius 3 is 2.60 bits per heavy atom. The molecule has 1 heterocycles. The molecule has 5 nitrogen and oxygen atoms in total. The summed E-state index contributed by atoms with van der Waals surface area (Å²) in [5.74, 6) is 0.141. The molecule has 1 aliphatic heterocycles. The molecule has 0 unspecified atom stereocenters. The van der Waals surface area contributed by atoms with Gasteiger partial charge in [0.15, 0.2) is 0 Å². The molecule has 1 atom stereocenters. The van der Waals surface area contributed by atoms with Crippen LogP contribution in [-0.2, 0) is 16.6 Å². The second kappa shape index (κ2) is 9.76. The lowest BCUT2D eigenvalue weighted by atomic mass is 10.1. The molecule has 2 aromatic carbocycles. The highest BCUT2D eigenvalue weighted by molar-refractivity contribution is 7.89. The summed E-state index contributed by atoms with van der Waals surface area (Å²) in [6.45, 7) is 3.15. The Kier molecular flexibility index (Phi) is 7.54. The molecule has 1 saturated heterocycles. The Balaban J connectivity index is 1.95. The Morgan fingerprint density at radius 1 is 1.17 bits per heavy atom. The monoisotopic (exact) mass is 485 g/mol. The van der Waals surface area contributed by atoms with Crippen LogP contribution < -0.4 is 4.90 Å². The van der Waals surface area contributed by atoms with Gasteiger partial charge in [0.25, 0.3) is 0 Å². The molecule has 30 heavy (non-hydrogen) atoms. The average Bonchev–Trinajstić information content (AvgIpc) is 3.19. The lowest BCUT2D eigenvalue weighted by Gasteiger charge is -2.32. The van der Waals surface area contributed by atoms with Gasteiger partial charge in [-0.25, -0.2) is 8.42 Å². The zero-order valence-electron chi connectivity index (χ0n) is 16.5. The van der Waals surface area contributed by atoms with Gasteiger partial charge in [-0.1, -0.05) is 41.7 Å². The van der Waals surface area contributed by atoms with E-state index in [4.69, 9.17) is 34.8 Å². The number of halogens is 3. The predicted molar refractivity (Wildman–Crippen MR) is 123 cm³/mol. The second-order valence-electron chi connectivity index (χ2n) is 7.26. The van der Waals surface area contributed by atoms with Crippen LogP contribution >= 0.6 is 34.8 Å². The molecular weight excluding hydrogens is 465 g/mol. The fourth-order valence-corrected chi connectivity index (χ4v) is 5.80. The van der Waals surface area contributed by atoms with Crippen molar-refractivity contribution in [1.29, 1.82) is 5.26 Å². The molecule has 0 bridgehead atoms. The summed E-state index contributed by atoms with van der Waals surface area (Å²) >= 11 is 18.8. The first-order valence-corrected chi connectivity index (χ1v) is 12.4. The second-order valence-corrected chi connectivity index (χ2v) is 10.6. The standard InChI is InChI=1S/C21H22Cl3N3O2S/c1-2-9-30(28,29)26-8-7-19(14-26)27(13-16-10-17(22)4-6-20(16)23)18-5-3-15(12-25)21(24)11-18/h3-6,10-11,19H,2,7-9,13-14H2,1H3/t19-/m0/s1.